The van der Waals surface area contributed by atoms with Gasteiger partial charge in [-0.05, 0) is 37.0 Å². The van der Waals surface area contributed by atoms with Gasteiger partial charge in [-0.1, -0.05) is 11.6 Å². The zero-order valence-corrected chi connectivity index (χ0v) is 9.17. The summed E-state index contributed by atoms with van der Waals surface area (Å²) < 4.78 is 13.4. The third-order valence-corrected chi connectivity index (χ3v) is 2.83. The van der Waals surface area contributed by atoms with E-state index in [4.69, 9.17) is 16.7 Å². The number of aliphatic carboxylic acids is 1. The molecule has 1 unspecified atom stereocenters. The first-order valence-corrected chi connectivity index (χ1v) is 5.40. The number of hydrogen-bond donors (Lipinski definition) is 2. The SMILES string of the molecule is O=C(O)C(Nc1cc(Cl)ccc1F)C1CC1. The van der Waals surface area contributed by atoms with Gasteiger partial charge in [0.2, 0.25) is 0 Å². The summed E-state index contributed by atoms with van der Waals surface area (Å²) >= 11 is 5.72. The van der Waals surface area contributed by atoms with Crippen LogP contribution in [0.2, 0.25) is 5.02 Å². The lowest BCUT2D eigenvalue weighted by atomic mass is 10.1. The number of carbonyl (C=O) groups is 1. The summed E-state index contributed by atoms with van der Waals surface area (Å²) in [5.41, 5.74) is 0.145. The molecule has 0 saturated heterocycles. The minimum Gasteiger partial charge on any atom is -0.480 e. The van der Waals surface area contributed by atoms with Crippen LogP contribution in [0, 0.1) is 11.7 Å². The second kappa shape index (κ2) is 4.29. The van der Waals surface area contributed by atoms with Gasteiger partial charge in [0.05, 0.1) is 5.69 Å². The average molecular weight is 244 g/mol. The lowest BCUT2D eigenvalue weighted by Crippen LogP contribution is -2.31. The number of anilines is 1. The largest absolute Gasteiger partial charge is 0.480 e. The number of hydrogen-bond acceptors (Lipinski definition) is 2. The Labute approximate surface area is 97.2 Å². The first-order valence-electron chi connectivity index (χ1n) is 5.02. The van der Waals surface area contributed by atoms with Crippen molar-refractivity contribution < 1.29 is 14.3 Å². The van der Waals surface area contributed by atoms with Crippen LogP contribution in [-0.2, 0) is 4.79 Å². The molecule has 0 bridgehead atoms. The maximum atomic E-state index is 13.4. The van der Waals surface area contributed by atoms with Crippen LogP contribution in [0.4, 0.5) is 10.1 Å². The predicted octanol–water partition coefficient (Wildman–Crippen LogP) is 2.75. The molecule has 0 aromatic heterocycles. The maximum absolute atomic E-state index is 13.4. The Hall–Kier alpha value is -1.29. The van der Waals surface area contributed by atoms with Gasteiger partial charge in [-0.2, -0.15) is 0 Å². The normalized spacial score (nSPS) is 16.9. The van der Waals surface area contributed by atoms with Crippen molar-refractivity contribution in [3.63, 3.8) is 0 Å². The van der Waals surface area contributed by atoms with Crippen LogP contribution in [0.3, 0.4) is 0 Å². The Balaban J connectivity index is 2.17. The fourth-order valence-corrected chi connectivity index (χ4v) is 1.76. The number of halogens is 2. The fourth-order valence-electron chi connectivity index (χ4n) is 1.59. The molecule has 0 heterocycles. The first-order chi connectivity index (χ1) is 7.58. The first kappa shape index (κ1) is 11.2. The summed E-state index contributed by atoms with van der Waals surface area (Å²) in [6.45, 7) is 0. The molecule has 5 heteroatoms. The summed E-state index contributed by atoms with van der Waals surface area (Å²) in [5, 5.41) is 12.1. The van der Waals surface area contributed by atoms with Crippen LogP contribution in [0.15, 0.2) is 18.2 Å². The van der Waals surface area contributed by atoms with Gasteiger partial charge in [-0.25, -0.2) is 9.18 Å². The molecule has 1 fully saturated rings. The molecule has 16 heavy (non-hydrogen) atoms. The van der Waals surface area contributed by atoms with Crippen molar-refractivity contribution in [2.24, 2.45) is 5.92 Å². The van der Waals surface area contributed by atoms with E-state index in [1.807, 2.05) is 0 Å². The zero-order valence-electron chi connectivity index (χ0n) is 8.41. The molecule has 0 aliphatic heterocycles. The standard InChI is InChI=1S/C11H11ClFNO2/c12-7-3-4-8(13)9(5-7)14-10(11(15)16)6-1-2-6/h3-6,10,14H,1-2H2,(H,15,16). The second-order valence-electron chi connectivity index (χ2n) is 3.92. The number of nitrogens with one attached hydrogen (secondary N) is 1. The third kappa shape index (κ3) is 2.44. The van der Waals surface area contributed by atoms with E-state index >= 15 is 0 Å². The number of benzene rings is 1. The van der Waals surface area contributed by atoms with Crippen LogP contribution in [0.1, 0.15) is 12.8 Å². The molecule has 1 aliphatic carbocycles. The summed E-state index contributed by atoms with van der Waals surface area (Å²) in [4.78, 5) is 11.0. The van der Waals surface area contributed by atoms with Crippen molar-refractivity contribution in [3.05, 3.63) is 29.0 Å². The molecule has 0 amide bonds. The van der Waals surface area contributed by atoms with E-state index in [1.54, 1.807) is 0 Å². The highest BCUT2D eigenvalue weighted by molar-refractivity contribution is 6.30. The third-order valence-electron chi connectivity index (χ3n) is 2.60. The van der Waals surface area contributed by atoms with E-state index in [1.165, 1.54) is 18.2 Å². The van der Waals surface area contributed by atoms with Crippen molar-refractivity contribution in [2.45, 2.75) is 18.9 Å². The van der Waals surface area contributed by atoms with E-state index in [2.05, 4.69) is 5.32 Å². The Bertz CT molecular complexity index is 420. The number of carboxylic acids is 1. The highest BCUT2D eigenvalue weighted by atomic mass is 35.5. The van der Waals surface area contributed by atoms with Gasteiger partial charge in [0.1, 0.15) is 11.9 Å². The summed E-state index contributed by atoms with van der Waals surface area (Å²) in [5.74, 6) is -1.35. The zero-order chi connectivity index (χ0) is 11.7. The van der Waals surface area contributed by atoms with Gasteiger partial charge < -0.3 is 10.4 Å². The van der Waals surface area contributed by atoms with Gasteiger partial charge in [-0.3, -0.25) is 0 Å². The van der Waals surface area contributed by atoms with E-state index in [9.17, 15) is 9.18 Å². The van der Waals surface area contributed by atoms with Crippen LogP contribution in [0.5, 0.6) is 0 Å². The lowest BCUT2D eigenvalue weighted by Gasteiger charge is -2.15. The molecule has 1 atom stereocenters. The molecule has 1 aliphatic rings. The molecular formula is C11H11ClFNO2. The van der Waals surface area contributed by atoms with Crippen molar-refractivity contribution in [1.29, 1.82) is 0 Å². The predicted molar refractivity (Wildman–Crippen MR) is 59.2 cm³/mol. The van der Waals surface area contributed by atoms with Crippen molar-refractivity contribution in [2.75, 3.05) is 5.32 Å². The van der Waals surface area contributed by atoms with Crippen LogP contribution < -0.4 is 5.32 Å². The molecule has 1 saturated carbocycles. The van der Waals surface area contributed by atoms with E-state index in [0.717, 1.165) is 12.8 Å². The van der Waals surface area contributed by atoms with E-state index in [-0.39, 0.29) is 11.6 Å². The monoisotopic (exact) mass is 243 g/mol. The molecule has 1 aromatic carbocycles. The summed E-state index contributed by atoms with van der Waals surface area (Å²) in [6, 6.07) is 3.31. The lowest BCUT2D eigenvalue weighted by molar-refractivity contribution is -0.138. The van der Waals surface area contributed by atoms with Crippen LogP contribution in [-0.4, -0.2) is 17.1 Å². The van der Waals surface area contributed by atoms with Gasteiger partial charge in [0.15, 0.2) is 0 Å². The molecule has 86 valence electrons. The minimum atomic E-state index is -0.957. The van der Waals surface area contributed by atoms with Crippen molar-refractivity contribution in [3.8, 4) is 0 Å². The van der Waals surface area contributed by atoms with E-state index < -0.39 is 17.8 Å². The van der Waals surface area contributed by atoms with Gasteiger partial charge in [-0.15, -0.1) is 0 Å². The Morgan fingerprint density at radius 3 is 2.81 bits per heavy atom. The summed E-state index contributed by atoms with van der Waals surface area (Å²) in [7, 11) is 0. The molecule has 2 N–H and O–H groups in total. The summed E-state index contributed by atoms with van der Waals surface area (Å²) in [6.07, 6.45) is 1.73. The van der Waals surface area contributed by atoms with Crippen LogP contribution >= 0.6 is 11.6 Å². The Kier molecular flexibility index (Phi) is 3.01. The highest BCUT2D eigenvalue weighted by Crippen LogP contribution is 2.35. The molecule has 2 rings (SSSR count). The van der Waals surface area contributed by atoms with E-state index in [0.29, 0.717) is 5.02 Å². The van der Waals surface area contributed by atoms with Gasteiger partial charge in [0, 0.05) is 5.02 Å². The van der Waals surface area contributed by atoms with Crippen LogP contribution in [0.25, 0.3) is 0 Å². The topological polar surface area (TPSA) is 49.3 Å². The smallest absolute Gasteiger partial charge is 0.326 e. The number of rotatable bonds is 4. The molecular weight excluding hydrogens is 233 g/mol. The Morgan fingerprint density at radius 1 is 1.56 bits per heavy atom. The van der Waals surface area contributed by atoms with Gasteiger partial charge in [0.25, 0.3) is 0 Å². The quantitative estimate of drug-likeness (QED) is 0.855. The molecule has 3 nitrogen and oxygen atoms in total. The second-order valence-corrected chi connectivity index (χ2v) is 4.36. The molecule has 0 radical (unpaired) electrons. The highest BCUT2D eigenvalue weighted by Gasteiger charge is 2.36. The Morgan fingerprint density at radius 2 is 2.25 bits per heavy atom. The maximum Gasteiger partial charge on any atom is 0.326 e. The van der Waals surface area contributed by atoms with Gasteiger partial charge >= 0.3 is 5.97 Å². The number of carboxylic acid groups (broad SMARTS) is 1. The molecule has 1 aromatic rings. The molecule has 0 spiro atoms. The minimum absolute atomic E-state index is 0.0934. The van der Waals surface area contributed by atoms with Crippen molar-refractivity contribution in [1.82, 2.24) is 0 Å². The fraction of sp³-hybridized carbons (Fsp3) is 0.364. The average Bonchev–Trinajstić information content (AvgIpc) is 3.02. The van der Waals surface area contributed by atoms with Crippen molar-refractivity contribution >= 4 is 23.3 Å².